The van der Waals surface area contributed by atoms with Crippen molar-refractivity contribution < 1.29 is 4.74 Å². The zero-order chi connectivity index (χ0) is 27.7. The van der Waals surface area contributed by atoms with Gasteiger partial charge in [-0.3, -0.25) is 0 Å². The van der Waals surface area contributed by atoms with E-state index in [1.54, 1.807) is 0 Å². The van der Waals surface area contributed by atoms with E-state index in [1.165, 1.54) is 55.3 Å². The molecule has 0 spiro atoms. The molecule has 0 saturated carbocycles. The van der Waals surface area contributed by atoms with Gasteiger partial charge in [-0.1, -0.05) is 133 Å². The second-order valence-corrected chi connectivity index (χ2v) is 11.3. The molecule has 42 heavy (non-hydrogen) atoms. The Bertz CT molecular complexity index is 2120. The Morgan fingerprint density at radius 2 is 1.00 bits per heavy atom. The average Bonchev–Trinajstić information content (AvgIpc) is 3.36. The molecule has 1 aliphatic heterocycles. The summed E-state index contributed by atoms with van der Waals surface area (Å²) in [4.78, 5) is 0. The fourth-order valence-electron chi connectivity index (χ4n) is 7.39. The van der Waals surface area contributed by atoms with Crippen molar-refractivity contribution in [1.29, 1.82) is 0 Å². The minimum absolute atomic E-state index is 0.413. The Morgan fingerprint density at radius 1 is 0.381 bits per heavy atom. The molecule has 1 heteroatoms. The van der Waals surface area contributed by atoms with Crippen LogP contribution in [0, 0.1) is 0 Å². The van der Waals surface area contributed by atoms with Crippen LogP contribution in [0.3, 0.4) is 0 Å². The third-order valence-electron chi connectivity index (χ3n) is 9.15. The van der Waals surface area contributed by atoms with E-state index in [0.29, 0.717) is 0 Å². The highest BCUT2D eigenvalue weighted by Crippen LogP contribution is 2.56. The van der Waals surface area contributed by atoms with Gasteiger partial charge in [0.25, 0.3) is 0 Å². The predicted molar refractivity (Wildman–Crippen MR) is 172 cm³/mol. The Hall–Kier alpha value is -5.40. The molecule has 0 amide bonds. The van der Waals surface area contributed by atoms with Gasteiger partial charge in [0.2, 0.25) is 0 Å². The van der Waals surface area contributed by atoms with E-state index in [2.05, 4.69) is 158 Å². The molecule has 1 aliphatic carbocycles. The van der Waals surface area contributed by atoms with Crippen LogP contribution in [-0.4, -0.2) is 0 Å². The fraction of sp³-hybridized carbons (Fsp3) is 0.0244. The van der Waals surface area contributed by atoms with Gasteiger partial charge in [0.15, 0.2) is 0 Å². The molecule has 7 aromatic rings. The van der Waals surface area contributed by atoms with Gasteiger partial charge >= 0.3 is 0 Å². The van der Waals surface area contributed by atoms with Crippen molar-refractivity contribution in [3.8, 4) is 44.9 Å². The maximum absolute atomic E-state index is 6.52. The molecule has 0 fully saturated rings. The molecular formula is C41H26O. The minimum Gasteiger partial charge on any atom is -0.456 e. The third kappa shape index (κ3) is 3.14. The summed E-state index contributed by atoms with van der Waals surface area (Å²) >= 11 is 0. The molecule has 0 unspecified atom stereocenters. The van der Waals surface area contributed by atoms with Crippen LogP contribution >= 0.6 is 0 Å². The van der Waals surface area contributed by atoms with E-state index < -0.39 is 5.41 Å². The quantitative estimate of drug-likeness (QED) is 0.219. The minimum atomic E-state index is -0.413. The van der Waals surface area contributed by atoms with Crippen LogP contribution in [0.5, 0.6) is 11.5 Å². The van der Waals surface area contributed by atoms with Crippen molar-refractivity contribution in [3.05, 3.63) is 180 Å². The van der Waals surface area contributed by atoms with Gasteiger partial charge in [-0.2, -0.15) is 0 Å². The van der Waals surface area contributed by atoms with Crippen molar-refractivity contribution in [3.63, 3.8) is 0 Å². The molecule has 196 valence electrons. The van der Waals surface area contributed by atoms with Crippen LogP contribution in [0.1, 0.15) is 22.3 Å². The number of hydrogen-bond acceptors (Lipinski definition) is 1. The van der Waals surface area contributed by atoms with E-state index in [-0.39, 0.29) is 0 Å². The number of ether oxygens (including phenoxy) is 1. The molecule has 0 atom stereocenters. The Balaban J connectivity index is 1.25. The van der Waals surface area contributed by atoms with Crippen molar-refractivity contribution in [2.45, 2.75) is 5.41 Å². The molecule has 2 aliphatic rings. The number of benzene rings is 7. The van der Waals surface area contributed by atoms with Crippen LogP contribution in [0.2, 0.25) is 0 Å². The summed E-state index contributed by atoms with van der Waals surface area (Å²) in [5.41, 5.74) is 12.1. The first-order valence-electron chi connectivity index (χ1n) is 14.5. The highest BCUT2D eigenvalue weighted by Gasteiger charge is 2.45. The third-order valence-corrected chi connectivity index (χ3v) is 9.15. The Kier molecular flexibility index (Phi) is 4.88. The standard InChI is InChI=1S/C41H26O/c1-2-14-30(15-3-1)41(36-20-6-4-17-32(36)33-18-5-7-21-37(33)41)31-16-8-13-28(25-31)29-23-24-34-35-19-9-11-27-12-10-22-38(40(27)35)42-39(34)26-29/h1-26H. The zero-order valence-corrected chi connectivity index (χ0v) is 22.9. The van der Waals surface area contributed by atoms with Crippen molar-refractivity contribution in [2.75, 3.05) is 0 Å². The van der Waals surface area contributed by atoms with Crippen LogP contribution in [0.25, 0.3) is 44.2 Å². The first-order valence-corrected chi connectivity index (χ1v) is 14.5. The molecule has 0 bridgehead atoms. The van der Waals surface area contributed by atoms with Crippen molar-refractivity contribution >= 4 is 10.8 Å². The van der Waals surface area contributed by atoms with E-state index in [4.69, 9.17) is 4.74 Å². The highest BCUT2D eigenvalue weighted by atomic mass is 16.5. The lowest BCUT2D eigenvalue weighted by Crippen LogP contribution is -2.28. The van der Waals surface area contributed by atoms with Crippen LogP contribution in [-0.2, 0) is 5.41 Å². The summed E-state index contributed by atoms with van der Waals surface area (Å²) in [5, 5.41) is 2.39. The second kappa shape index (κ2) is 8.80. The number of hydrogen-bond donors (Lipinski definition) is 0. The van der Waals surface area contributed by atoms with E-state index in [1.807, 2.05) is 0 Å². The van der Waals surface area contributed by atoms with Crippen molar-refractivity contribution in [1.82, 2.24) is 0 Å². The van der Waals surface area contributed by atoms with Gasteiger partial charge in [0.1, 0.15) is 11.5 Å². The monoisotopic (exact) mass is 534 g/mol. The molecule has 0 aromatic heterocycles. The molecule has 0 N–H and O–H groups in total. The van der Waals surface area contributed by atoms with Crippen LogP contribution < -0.4 is 4.74 Å². The first-order chi connectivity index (χ1) is 20.8. The lowest BCUT2D eigenvalue weighted by atomic mass is 9.67. The predicted octanol–water partition coefficient (Wildman–Crippen LogP) is 10.6. The maximum atomic E-state index is 6.52. The molecule has 1 nitrogen and oxygen atoms in total. The number of rotatable bonds is 3. The Labute approximate surface area is 245 Å². The summed E-state index contributed by atoms with van der Waals surface area (Å²) in [5.74, 6) is 1.82. The molecule has 7 aromatic carbocycles. The number of fused-ring (bicyclic) bond motifs is 5. The Morgan fingerprint density at radius 3 is 1.79 bits per heavy atom. The average molecular weight is 535 g/mol. The summed E-state index contributed by atoms with van der Waals surface area (Å²) in [6.07, 6.45) is 0. The summed E-state index contributed by atoms with van der Waals surface area (Å²) in [6.45, 7) is 0. The van der Waals surface area contributed by atoms with E-state index in [9.17, 15) is 0 Å². The smallest absolute Gasteiger partial charge is 0.135 e. The molecule has 1 heterocycles. The van der Waals surface area contributed by atoms with E-state index >= 15 is 0 Å². The summed E-state index contributed by atoms with van der Waals surface area (Å²) in [7, 11) is 0. The zero-order valence-electron chi connectivity index (χ0n) is 22.9. The summed E-state index contributed by atoms with van der Waals surface area (Å²) < 4.78 is 6.52. The van der Waals surface area contributed by atoms with Gasteiger partial charge in [-0.15, -0.1) is 0 Å². The van der Waals surface area contributed by atoms with Crippen LogP contribution in [0.15, 0.2) is 158 Å². The van der Waals surface area contributed by atoms with Gasteiger partial charge < -0.3 is 4.74 Å². The highest BCUT2D eigenvalue weighted by molar-refractivity contribution is 6.04. The SMILES string of the molecule is c1ccc(C2(c3cccc(-c4ccc5c(c4)Oc4cccc6cccc-5c46)c3)c3ccccc3-c3ccccc32)cc1. The van der Waals surface area contributed by atoms with Gasteiger partial charge in [0, 0.05) is 10.9 Å². The van der Waals surface area contributed by atoms with Crippen LogP contribution in [0.4, 0.5) is 0 Å². The van der Waals surface area contributed by atoms with Gasteiger partial charge in [-0.25, -0.2) is 0 Å². The lowest BCUT2D eigenvalue weighted by molar-refractivity contribution is 0.487. The van der Waals surface area contributed by atoms with Gasteiger partial charge in [0.05, 0.1) is 5.41 Å². The topological polar surface area (TPSA) is 9.23 Å². The second-order valence-electron chi connectivity index (χ2n) is 11.3. The van der Waals surface area contributed by atoms with Gasteiger partial charge in [-0.05, 0) is 79.7 Å². The largest absolute Gasteiger partial charge is 0.456 e. The first kappa shape index (κ1) is 23.3. The normalized spacial score (nSPS) is 13.6. The fourth-order valence-corrected chi connectivity index (χ4v) is 7.39. The molecule has 9 rings (SSSR count). The molecular weight excluding hydrogens is 508 g/mol. The summed E-state index contributed by atoms with van der Waals surface area (Å²) in [6, 6.07) is 57.3. The lowest BCUT2D eigenvalue weighted by Gasteiger charge is -2.34. The molecule has 0 saturated heterocycles. The van der Waals surface area contributed by atoms with E-state index in [0.717, 1.165) is 22.6 Å². The maximum Gasteiger partial charge on any atom is 0.135 e. The molecule has 0 radical (unpaired) electrons. The van der Waals surface area contributed by atoms with Crippen molar-refractivity contribution in [2.24, 2.45) is 0 Å².